The van der Waals surface area contributed by atoms with Gasteiger partial charge in [-0.1, -0.05) is 5.16 Å². The van der Waals surface area contributed by atoms with Gasteiger partial charge in [-0.2, -0.15) is 15.1 Å². The molecule has 4 rings (SSSR count). The van der Waals surface area contributed by atoms with Crippen molar-refractivity contribution in [1.29, 1.82) is 0 Å². The molecule has 0 spiro atoms. The van der Waals surface area contributed by atoms with E-state index in [2.05, 4.69) is 35.6 Å². The van der Waals surface area contributed by atoms with Gasteiger partial charge in [0.25, 0.3) is 0 Å². The molecule has 0 atom stereocenters. The maximum absolute atomic E-state index is 11.8. The van der Waals surface area contributed by atoms with E-state index in [1.807, 2.05) is 30.5 Å². The molecule has 0 bridgehead atoms. The molecule has 0 unspecified atom stereocenters. The van der Waals surface area contributed by atoms with Crippen LogP contribution in [-0.2, 0) is 11.2 Å². The van der Waals surface area contributed by atoms with Crippen LogP contribution in [-0.4, -0.2) is 36.2 Å². The Balaban J connectivity index is 1.41. The predicted octanol–water partition coefficient (Wildman–Crippen LogP) is 1.91. The number of carbonyl (C=O) groups is 1. The number of aryl methyl sites for hydroxylation is 1. The molecule has 1 aromatic carbocycles. The number of H-pyrrole nitrogens is 2. The van der Waals surface area contributed by atoms with Crippen LogP contribution in [0.3, 0.4) is 0 Å². The summed E-state index contributed by atoms with van der Waals surface area (Å²) in [6, 6.07) is 7.85. The minimum atomic E-state index is -0.208. The van der Waals surface area contributed by atoms with Crippen molar-refractivity contribution >= 4 is 22.8 Å². The van der Waals surface area contributed by atoms with Gasteiger partial charge in [0.05, 0.1) is 0 Å². The largest absolute Gasteiger partial charge is 0.361 e. The highest BCUT2D eigenvalue weighted by Crippen LogP contribution is 2.21. The highest BCUT2D eigenvalue weighted by Gasteiger charge is 2.12. The summed E-state index contributed by atoms with van der Waals surface area (Å²) in [6.45, 7) is 0. The van der Waals surface area contributed by atoms with Crippen LogP contribution in [0.15, 0.2) is 41.3 Å². The third-order valence-corrected chi connectivity index (χ3v) is 3.52. The second-order valence-corrected chi connectivity index (χ2v) is 5.17. The normalized spacial score (nSPS) is 11.0. The number of nitrogens with one attached hydrogen (secondary N) is 3. The van der Waals surface area contributed by atoms with E-state index >= 15 is 0 Å². The fourth-order valence-corrected chi connectivity index (χ4v) is 2.35. The van der Waals surface area contributed by atoms with Crippen molar-refractivity contribution in [2.24, 2.45) is 0 Å². The van der Waals surface area contributed by atoms with Gasteiger partial charge in [-0.3, -0.25) is 10.1 Å². The maximum atomic E-state index is 11.8. The molecular weight excluding hydrogens is 310 g/mol. The van der Waals surface area contributed by atoms with Gasteiger partial charge in [0.2, 0.25) is 23.6 Å². The Kier molecular flexibility index (Phi) is 3.50. The van der Waals surface area contributed by atoms with E-state index in [0.717, 1.165) is 16.5 Å². The van der Waals surface area contributed by atoms with Gasteiger partial charge in [0, 0.05) is 35.5 Å². The van der Waals surface area contributed by atoms with Gasteiger partial charge in [0.15, 0.2) is 0 Å². The number of aromatic amines is 2. The summed E-state index contributed by atoms with van der Waals surface area (Å²) in [4.78, 5) is 23.1. The molecule has 120 valence electrons. The summed E-state index contributed by atoms with van der Waals surface area (Å²) in [7, 11) is 0. The molecule has 9 heteroatoms. The van der Waals surface area contributed by atoms with E-state index in [0.29, 0.717) is 24.1 Å². The Labute approximate surface area is 135 Å². The van der Waals surface area contributed by atoms with E-state index in [1.165, 1.54) is 6.33 Å². The van der Waals surface area contributed by atoms with E-state index in [-0.39, 0.29) is 12.3 Å². The highest BCUT2D eigenvalue weighted by molar-refractivity contribution is 5.88. The standard InChI is InChI=1S/C15H13N7O2/c23-12(19-15-17-8-18-21-15)3-4-13-20-14(22-24-13)10-1-2-11-9(7-10)5-6-16-11/h1-2,5-8,16H,3-4H2,(H2,17,18,19,21,23). The van der Waals surface area contributed by atoms with Crippen LogP contribution in [0.4, 0.5) is 5.95 Å². The van der Waals surface area contributed by atoms with Gasteiger partial charge in [-0.05, 0) is 24.3 Å². The summed E-state index contributed by atoms with van der Waals surface area (Å²) in [6.07, 6.45) is 3.75. The van der Waals surface area contributed by atoms with Crippen LogP contribution >= 0.6 is 0 Å². The Bertz CT molecular complexity index is 971. The number of hydrogen-bond acceptors (Lipinski definition) is 6. The van der Waals surface area contributed by atoms with Crippen molar-refractivity contribution in [3.63, 3.8) is 0 Å². The Hall–Kier alpha value is -3.49. The lowest BCUT2D eigenvalue weighted by atomic mass is 10.1. The molecule has 0 saturated heterocycles. The number of fused-ring (bicyclic) bond motifs is 1. The first-order valence-corrected chi connectivity index (χ1v) is 7.33. The molecule has 0 saturated carbocycles. The summed E-state index contributed by atoms with van der Waals surface area (Å²) >= 11 is 0. The molecule has 0 aliphatic carbocycles. The fourth-order valence-electron chi connectivity index (χ4n) is 2.35. The predicted molar refractivity (Wildman–Crippen MR) is 84.9 cm³/mol. The van der Waals surface area contributed by atoms with E-state index in [4.69, 9.17) is 4.52 Å². The lowest BCUT2D eigenvalue weighted by Gasteiger charge is -1.98. The Morgan fingerprint density at radius 1 is 1.29 bits per heavy atom. The monoisotopic (exact) mass is 323 g/mol. The van der Waals surface area contributed by atoms with Gasteiger partial charge in [-0.15, -0.1) is 0 Å². The van der Waals surface area contributed by atoms with Crippen LogP contribution in [0.5, 0.6) is 0 Å². The molecule has 3 N–H and O–H groups in total. The first-order valence-electron chi connectivity index (χ1n) is 7.33. The van der Waals surface area contributed by atoms with Crippen molar-refractivity contribution in [1.82, 2.24) is 30.3 Å². The second-order valence-electron chi connectivity index (χ2n) is 5.17. The van der Waals surface area contributed by atoms with Crippen LogP contribution in [0.25, 0.3) is 22.3 Å². The molecule has 4 aromatic rings. The third-order valence-electron chi connectivity index (χ3n) is 3.52. The Morgan fingerprint density at radius 3 is 3.12 bits per heavy atom. The number of nitrogens with zero attached hydrogens (tertiary/aromatic N) is 4. The molecule has 0 aliphatic rings. The number of anilines is 1. The molecule has 24 heavy (non-hydrogen) atoms. The van der Waals surface area contributed by atoms with Gasteiger partial charge < -0.3 is 9.51 Å². The number of aromatic nitrogens is 6. The summed E-state index contributed by atoms with van der Waals surface area (Å²) in [5.41, 5.74) is 1.91. The van der Waals surface area contributed by atoms with E-state index in [9.17, 15) is 4.79 Å². The fraction of sp³-hybridized carbons (Fsp3) is 0.133. The van der Waals surface area contributed by atoms with Crippen LogP contribution in [0.1, 0.15) is 12.3 Å². The smallest absolute Gasteiger partial charge is 0.227 e. The zero-order valence-corrected chi connectivity index (χ0v) is 12.5. The van der Waals surface area contributed by atoms with Gasteiger partial charge >= 0.3 is 0 Å². The van der Waals surface area contributed by atoms with Crippen molar-refractivity contribution in [2.45, 2.75) is 12.8 Å². The molecule has 3 aromatic heterocycles. The minimum Gasteiger partial charge on any atom is -0.361 e. The summed E-state index contributed by atoms with van der Waals surface area (Å²) in [5.74, 6) is 1.02. The molecule has 0 aliphatic heterocycles. The lowest BCUT2D eigenvalue weighted by Crippen LogP contribution is -2.13. The highest BCUT2D eigenvalue weighted by atomic mass is 16.5. The maximum Gasteiger partial charge on any atom is 0.227 e. The number of hydrogen-bond donors (Lipinski definition) is 3. The molecule has 1 amide bonds. The quantitative estimate of drug-likeness (QED) is 0.515. The number of amides is 1. The van der Waals surface area contributed by atoms with E-state index < -0.39 is 0 Å². The van der Waals surface area contributed by atoms with E-state index in [1.54, 1.807) is 0 Å². The van der Waals surface area contributed by atoms with Crippen molar-refractivity contribution < 1.29 is 9.32 Å². The lowest BCUT2D eigenvalue weighted by molar-refractivity contribution is -0.116. The van der Waals surface area contributed by atoms with Gasteiger partial charge in [0.1, 0.15) is 6.33 Å². The van der Waals surface area contributed by atoms with Crippen LogP contribution in [0.2, 0.25) is 0 Å². The zero-order valence-electron chi connectivity index (χ0n) is 12.5. The van der Waals surface area contributed by atoms with Crippen molar-refractivity contribution in [3.8, 4) is 11.4 Å². The minimum absolute atomic E-state index is 0.208. The first-order chi connectivity index (χ1) is 11.8. The van der Waals surface area contributed by atoms with Gasteiger partial charge in [-0.25, -0.2) is 5.10 Å². The third kappa shape index (κ3) is 2.86. The topological polar surface area (TPSA) is 125 Å². The number of rotatable bonds is 5. The molecule has 3 heterocycles. The van der Waals surface area contributed by atoms with Crippen molar-refractivity contribution in [3.05, 3.63) is 42.7 Å². The molecular formula is C15H13N7O2. The Morgan fingerprint density at radius 2 is 2.25 bits per heavy atom. The average Bonchev–Trinajstić information content (AvgIpc) is 3.33. The second kappa shape index (κ2) is 5.95. The molecule has 0 fully saturated rings. The molecule has 0 radical (unpaired) electrons. The number of benzene rings is 1. The average molecular weight is 323 g/mol. The number of carbonyl (C=O) groups excluding carboxylic acids is 1. The zero-order chi connectivity index (χ0) is 16.4. The van der Waals surface area contributed by atoms with Crippen molar-refractivity contribution in [2.75, 3.05) is 5.32 Å². The SMILES string of the molecule is O=C(CCc1nc(-c2ccc3[nH]ccc3c2)no1)Nc1ncn[nH]1. The van der Waals surface area contributed by atoms with Crippen LogP contribution < -0.4 is 5.32 Å². The summed E-state index contributed by atoms with van der Waals surface area (Å²) in [5, 5.41) is 13.8. The first kappa shape index (κ1) is 14.1. The van der Waals surface area contributed by atoms with Crippen LogP contribution in [0, 0.1) is 0 Å². The summed E-state index contributed by atoms with van der Waals surface area (Å²) < 4.78 is 5.21. The molecule has 9 nitrogen and oxygen atoms in total.